The first-order valence-corrected chi connectivity index (χ1v) is 8.50. The van der Waals surface area contributed by atoms with Crippen molar-refractivity contribution in [1.29, 1.82) is 0 Å². The molecule has 3 aromatic rings. The number of nitrogens with one attached hydrogen (secondary N) is 2. The third-order valence-corrected chi connectivity index (χ3v) is 4.27. The number of hydrogen-bond donors (Lipinski definition) is 2. The lowest BCUT2D eigenvalue weighted by Gasteiger charge is -2.26. The van der Waals surface area contributed by atoms with Gasteiger partial charge in [-0.2, -0.15) is 5.10 Å². The molecule has 4 rings (SSSR count). The Morgan fingerprint density at radius 3 is 3.08 bits per heavy atom. The van der Waals surface area contributed by atoms with Gasteiger partial charge in [0.15, 0.2) is 5.82 Å². The largest absolute Gasteiger partial charge is 0.493 e. The Hall–Kier alpha value is -3.35. The third-order valence-electron chi connectivity index (χ3n) is 4.27. The van der Waals surface area contributed by atoms with E-state index in [0.717, 1.165) is 23.3 Å². The number of rotatable bonds is 4. The fourth-order valence-corrected chi connectivity index (χ4v) is 2.98. The van der Waals surface area contributed by atoms with Gasteiger partial charge in [0.05, 0.1) is 12.6 Å². The molecule has 0 aliphatic carbocycles. The summed E-state index contributed by atoms with van der Waals surface area (Å²) in [5.74, 6) is 1.55. The van der Waals surface area contributed by atoms with Crippen molar-refractivity contribution in [1.82, 2.24) is 25.4 Å². The molecule has 2 amide bonds. The molecule has 1 aliphatic heterocycles. The van der Waals surface area contributed by atoms with Gasteiger partial charge in [0.25, 0.3) is 0 Å². The molecule has 0 fully saturated rings. The molecule has 1 atom stereocenters. The van der Waals surface area contributed by atoms with Gasteiger partial charge in [-0.3, -0.25) is 0 Å². The highest BCUT2D eigenvalue weighted by atomic mass is 16.5. The average molecular weight is 353 g/mol. The highest BCUT2D eigenvalue weighted by Gasteiger charge is 2.22. The summed E-state index contributed by atoms with van der Waals surface area (Å²) < 4.78 is 7.31. The molecule has 0 unspecified atom stereocenters. The Morgan fingerprint density at radius 2 is 2.19 bits per heavy atom. The third kappa shape index (κ3) is 3.51. The van der Waals surface area contributed by atoms with Gasteiger partial charge in [-0.15, -0.1) is 0 Å². The van der Waals surface area contributed by atoms with Crippen LogP contribution in [-0.4, -0.2) is 27.4 Å². The standard InChI is InChI=1S/C19H19N5O2.2H2/c25-19(23-16-7-11-26-17-5-2-1-4-15(16)17)21-13-14-6-9-20-18(12-14)24-10-3-8-22-24;;/h1-6,8-10,12,16H,7,11,13H2,(H2,21,23,25);2*1H/t16-;;/m1../s1. The van der Waals surface area contributed by atoms with Crippen LogP contribution in [0.25, 0.3) is 5.82 Å². The summed E-state index contributed by atoms with van der Waals surface area (Å²) in [6.45, 7) is 1.01. The van der Waals surface area contributed by atoms with Crippen LogP contribution in [0.1, 0.15) is 26.4 Å². The van der Waals surface area contributed by atoms with Gasteiger partial charge in [0.2, 0.25) is 0 Å². The number of urea groups is 1. The van der Waals surface area contributed by atoms with Crippen molar-refractivity contribution in [3.05, 3.63) is 72.2 Å². The fraction of sp³-hybridized carbons (Fsp3) is 0.211. The van der Waals surface area contributed by atoms with Crippen molar-refractivity contribution in [2.75, 3.05) is 6.61 Å². The number of fused-ring (bicyclic) bond motifs is 1. The molecule has 1 aliphatic rings. The Bertz CT molecular complexity index is 905. The Morgan fingerprint density at radius 1 is 1.27 bits per heavy atom. The van der Waals surface area contributed by atoms with Crippen LogP contribution in [0.3, 0.4) is 0 Å². The predicted octanol–water partition coefficient (Wildman–Crippen LogP) is 3.08. The summed E-state index contributed by atoms with van der Waals surface area (Å²) in [6.07, 6.45) is 5.99. The minimum absolute atomic E-state index is 0. The topological polar surface area (TPSA) is 81.1 Å². The van der Waals surface area contributed by atoms with Gasteiger partial charge in [-0.05, 0) is 29.8 Å². The number of para-hydroxylation sites is 1. The van der Waals surface area contributed by atoms with Crippen molar-refractivity contribution in [3.63, 3.8) is 0 Å². The van der Waals surface area contributed by atoms with E-state index in [2.05, 4.69) is 20.7 Å². The minimum atomic E-state index is -0.204. The van der Waals surface area contributed by atoms with E-state index in [1.165, 1.54) is 0 Å². The molecule has 136 valence electrons. The van der Waals surface area contributed by atoms with E-state index in [0.29, 0.717) is 19.0 Å². The molecule has 2 N–H and O–H groups in total. The van der Waals surface area contributed by atoms with E-state index in [1.54, 1.807) is 17.1 Å². The maximum Gasteiger partial charge on any atom is 0.315 e. The van der Waals surface area contributed by atoms with Gasteiger partial charge in [-0.25, -0.2) is 14.5 Å². The van der Waals surface area contributed by atoms with E-state index in [-0.39, 0.29) is 14.9 Å². The summed E-state index contributed by atoms with van der Waals surface area (Å²) >= 11 is 0. The van der Waals surface area contributed by atoms with Gasteiger partial charge in [-0.1, -0.05) is 18.2 Å². The van der Waals surface area contributed by atoms with Gasteiger partial charge < -0.3 is 15.4 Å². The number of carbonyl (C=O) groups excluding carboxylic acids is 1. The van der Waals surface area contributed by atoms with Crippen molar-refractivity contribution in [2.45, 2.75) is 19.0 Å². The molecular weight excluding hydrogens is 330 g/mol. The highest BCUT2D eigenvalue weighted by molar-refractivity contribution is 5.74. The molecular formula is C19H23N5O2. The second-order valence-corrected chi connectivity index (χ2v) is 6.03. The number of hydrogen-bond acceptors (Lipinski definition) is 4. The number of amides is 2. The Kier molecular flexibility index (Phi) is 4.51. The molecule has 2 aromatic heterocycles. The van der Waals surface area contributed by atoms with Crippen molar-refractivity contribution >= 4 is 6.03 Å². The van der Waals surface area contributed by atoms with Crippen LogP contribution in [-0.2, 0) is 6.54 Å². The number of ether oxygens (including phenoxy) is 1. The van der Waals surface area contributed by atoms with Gasteiger partial charge >= 0.3 is 6.03 Å². The lowest BCUT2D eigenvalue weighted by molar-refractivity contribution is 0.223. The van der Waals surface area contributed by atoms with Crippen molar-refractivity contribution in [2.24, 2.45) is 0 Å². The van der Waals surface area contributed by atoms with Crippen LogP contribution in [0.5, 0.6) is 5.75 Å². The van der Waals surface area contributed by atoms with Crippen molar-refractivity contribution in [3.8, 4) is 11.6 Å². The number of carbonyl (C=O) groups is 1. The number of benzene rings is 1. The SMILES string of the molecule is O=C(NCc1ccnc(-n2cccn2)c1)N[C@@H]1CCOc2ccccc21.[HH].[HH]. The normalized spacial score (nSPS) is 15.6. The van der Waals surface area contributed by atoms with E-state index in [1.807, 2.05) is 48.7 Å². The lowest BCUT2D eigenvalue weighted by atomic mass is 10.0. The zero-order chi connectivity index (χ0) is 17.8. The molecule has 1 aromatic carbocycles. The molecule has 7 heteroatoms. The first kappa shape index (κ1) is 16.1. The van der Waals surface area contributed by atoms with E-state index >= 15 is 0 Å². The molecule has 0 bridgehead atoms. The number of pyridine rings is 1. The number of nitrogens with zero attached hydrogens (tertiary/aromatic N) is 3. The maximum atomic E-state index is 12.3. The minimum Gasteiger partial charge on any atom is -0.493 e. The summed E-state index contributed by atoms with van der Waals surface area (Å²) in [4.78, 5) is 16.6. The Labute approximate surface area is 154 Å². The first-order chi connectivity index (χ1) is 12.8. The van der Waals surface area contributed by atoms with Crippen molar-refractivity contribution < 1.29 is 12.4 Å². The molecule has 0 spiro atoms. The zero-order valence-electron chi connectivity index (χ0n) is 14.1. The first-order valence-electron chi connectivity index (χ1n) is 8.50. The molecule has 3 heterocycles. The molecule has 7 nitrogen and oxygen atoms in total. The fourth-order valence-electron chi connectivity index (χ4n) is 2.98. The molecule has 0 saturated carbocycles. The van der Waals surface area contributed by atoms with Crippen LogP contribution in [0.2, 0.25) is 0 Å². The second-order valence-electron chi connectivity index (χ2n) is 6.03. The van der Waals surface area contributed by atoms with Crippen LogP contribution < -0.4 is 15.4 Å². The zero-order valence-corrected chi connectivity index (χ0v) is 14.1. The predicted molar refractivity (Wildman–Crippen MR) is 100 cm³/mol. The quantitative estimate of drug-likeness (QED) is 0.755. The summed E-state index contributed by atoms with van der Waals surface area (Å²) in [5.41, 5.74) is 1.96. The average Bonchev–Trinajstić information content (AvgIpc) is 3.22. The smallest absolute Gasteiger partial charge is 0.315 e. The molecule has 0 saturated heterocycles. The summed E-state index contributed by atoms with van der Waals surface area (Å²) in [5, 5.41) is 10.1. The maximum absolute atomic E-state index is 12.3. The highest BCUT2D eigenvalue weighted by Crippen LogP contribution is 2.31. The number of aromatic nitrogens is 3. The van der Waals surface area contributed by atoms with Crippen LogP contribution in [0.4, 0.5) is 4.79 Å². The van der Waals surface area contributed by atoms with Gasteiger partial charge in [0, 0.05) is 40.0 Å². The Balaban J connectivity index is 0.00000140. The van der Waals surface area contributed by atoms with Crippen LogP contribution in [0.15, 0.2) is 61.1 Å². The van der Waals surface area contributed by atoms with Crippen LogP contribution >= 0.6 is 0 Å². The summed E-state index contributed by atoms with van der Waals surface area (Å²) in [6, 6.07) is 13.2. The second kappa shape index (κ2) is 7.26. The summed E-state index contributed by atoms with van der Waals surface area (Å²) in [7, 11) is 0. The van der Waals surface area contributed by atoms with E-state index < -0.39 is 0 Å². The molecule has 26 heavy (non-hydrogen) atoms. The molecule has 0 radical (unpaired) electrons. The van der Waals surface area contributed by atoms with E-state index in [4.69, 9.17) is 4.74 Å². The monoisotopic (exact) mass is 353 g/mol. The van der Waals surface area contributed by atoms with Gasteiger partial charge in [0.1, 0.15) is 5.75 Å². The van der Waals surface area contributed by atoms with Crippen LogP contribution in [0, 0.1) is 0 Å². The lowest BCUT2D eigenvalue weighted by Crippen LogP contribution is -2.39. The van der Waals surface area contributed by atoms with E-state index in [9.17, 15) is 4.79 Å².